The second-order valence-corrected chi connectivity index (χ2v) is 7.57. The number of hydrogen-bond donors (Lipinski definition) is 1. The van der Waals surface area contributed by atoms with Crippen LogP contribution in [0.1, 0.15) is 66.8 Å². The highest BCUT2D eigenvalue weighted by Gasteiger charge is 2.55. The van der Waals surface area contributed by atoms with Gasteiger partial charge in [0.1, 0.15) is 5.92 Å². The van der Waals surface area contributed by atoms with Crippen molar-refractivity contribution in [2.45, 2.75) is 62.5 Å². The van der Waals surface area contributed by atoms with E-state index in [1.165, 1.54) is 0 Å². The third kappa shape index (κ3) is 2.65. The van der Waals surface area contributed by atoms with Gasteiger partial charge in [0.2, 0.25) is 0 Å². The molecule has 25 heavy (non-hydrogen) atoms. The Bertz CT molecular complexity index is 674. The zero-order valence-electron chi connectivity index (χ0n) is 14.4. The molecule has 1 aromatic rings. The molecule has 0 bridgehead atoms. The van der Waals surface area contributed by atoms with Crippen molar-refractivity contribution in [3.8, 4) is 0 Å². The van der Waals surface area contributed by atoms with Crippen molar-refractivity contribution < 1.29 is 19.4 Å². The van der Waals surface area contributed by atoms with Gasteiger partial charge in [-0.15, -0.1) is 0 Å². The lowest BCUT2D eigenvalue weighted by Crippen LogP contribution is -2.62. The zero-order valence-corrected chi connectivity index (χ0v) is 14.4. The second kappa shape index (κ2) is 6.45. The van der Waals surface area contributed by atoms with Crippen molar-refractivity contribution in [2.24, 2.45) is 0 Å². The highest BCUT2D eigenvalue weighted by molar-refractivity contribution is 6.01. The number of carboxylic acid groups (broad SMARTS) is 1. The number of carbonyl (C=O) groups is 2. The predicted molar refractivity (Wildman–Crippen MR) is 92.6 cm³/mol. The van der Waals surface area contributed by atoms with E-state index in [0.717, 1.165) is 51.6 Å². The second-order valence-electron chi connectivity index (χ2n) is 7.57. The lowest BCUT2D eigenvalue weighted by molar-refractivity contribution is -0.144. The number of aliphatic carboxylic acids is 1. The molecule has 1 aromatic carbocycles. The summed E-state index contributed by atoms with van der Waals surface area (Å²) >= 11 is 0. The monoisotopic (exact) mass is 343 g/mol. The molecule has 1 spiro atoms. The molecule has 2 heterocycles. The fourth-order valence-corrected chi connectivity index (χ4v) is 5.08. The highest BCUT2D eigenvalue weighted by Crippen LogP contribution is 2.49. The number of carbonyl (C=O) groups excluding carboxylic acids is 1. The number of nitrogens with zero attached hydrogens (tertiary/aromatic N) is 1. The van der Waals surface area contributed by atoms with Crippen LogP contribution in [0, 0.1) is 0 Å². The van der Waals surface area contributed by atoms with Crippen LogP contribution in [-0.4, -0.2) is 46.7 Å². The third-order valence-corrected chi connectivity index (χ3v) is 6.20. The number of benzene rings is 1. The Balaban J connectivity index is 1.82. The maximum Gasteiger partial charge on any atom is 0.313 e. The lowest BCUT2D eigenvalue weighted by Gasteiger charge is -2.53. The number of rotatable bonds is 3. The Kier molecular flexibility index (Phi) is 4.28. The van der Waals surface area contributed by atoms with Crippen molar-refractivity contribution in [3.63, 3.8) is 0 Å². The molecule has 0 radical (unpaired) electrons. The molecule has 5 nitrogen and oxygen atoms in total. The van der Waals surface area contributed by atoms with Crippen LogP contribution < -0.4 is 0 Å². The SMILES string of the molecule is O=C(O)[C@H]1c2ccccc2C(=O)N(C[C@H]2CCCO2)C12CCCCC2. The lowest BCUT2D eigenvalue weighted by atomic mass is 9.65. The fourth-order valence-electron chi connectivity index (χ4n) is 5.08. The standard InChI is InChI=1S/C20H25NO4/c22-18-16-9-3-2-8-15(16)17(19(23)24)20(10-4-1-5-11-20)21(18)13-14-7-6-12-25-14/h2-3,8-9,14,17H,1,4-7,10-13H2,(H,23,24)/t14-,17-/m1/s1. The molecule has 5 heteroatoms. The van der Waals surface area contributed by atoms with Crippen LogP contribution in [0.15, 0.2) is 24.3 Å². The van der Waals surface area contributed by atoms with E-state index in [0.29, 0.717) is 17.7 Å². The summed E-state index contributed by atoms with van der Waals surface area (Å²) in [4.78, 5) is 27.5. The molecule has 1 saturated heterocycles. The smallest absolute Gasteiger partial charge is 0.313 e. The van der Waals surface area contributed by atoms with Gasteiger partial charge in [0.15, 0.2) is 0 Å². The molecule has 0 aromatic heterocycles. The molecule has 4 rings (SSSR count). The molecule has 2 aliphatic heterocycles. The van der Waals surface area contributed by atoms with E-state index < -0.39 is 17.4 Å². The van der Waals surface area contributed by atoms with Crippen LogP contribution in [0.3, 0.4) is 0 Å². The van der Waals surface area contributed by atoms with E-state index in [1.807, 2.05) is 23.1 Å². The Morgan fingerprint density at radius 2 is 1.96 bits per heavy atom. The first kappa shape index (κ1) is 16.6. The number of amides is 1. The Morgan fingerprint density at radius 3 is 2.64 bits per heavy atom. The van der Waals surface area contributed by atoms with Gasteiger partial charge < -0.3 is 14.7 Å². The molecule has 1 saturated carbocycles. The van der Waals surface area contributed by atoms with Crippen molar-refractivity contribution >= 4 is 11.9 Å². The molecule has 2 atom stereocenters. The maximum absolute atomic E-state index is 13.3. The van der Waals surface area contributed by atoms with Crippen LogP contribution in [0.25, 0.3) is 0 Å². The van der Waals surface area contributed by atoms with Crippen LogP contribution in [0.5, 0.6) is 0 Å². The van der Waals surface area contributed by atoms with Crippen molar-refractivity contribution in [1.29, 1.82) is 0 Å². The first-order chi connectivity index (χ1) is 12.1. The Labute approximate surface area is 148 Å². The summed E-state index contributed by atoms with van der Waals surface area (Å²) in [6.07, 6.45) is 6.56. The molecule has 1 amide bonds. The van der Waals surface area contributed by atoms with Crippen molar-refractivity contribution in [1.82, 2.24) is 4.90 Å². The topological polar surface area (TPSA) is 66.8 Å². The molecule has 1 N–H and O–H groups in total. The van der Waals surface area contributed by atoms with Gasteiger partial charge in [0, 0.05) is 18.7 Å². The predicted octanol–water partition coefficient (Wildman–Crippen LogP) is 3.19. The van der Waals surface area contributed by atoms with Crippen LogP contribution in [-0.2, 0) is 9.53 Å². The van der Waals surface area contributed by atoms with E-state index in [4.69, 9.17) is 4.74 Å². The van der Waals surface area contributed by atoms with Crippen molar-refractivity contribution in [2.75, 3.05) is 13.2 Å². The summed E-state index contributed by atoms with van der Waals surface area (Å²) in [6, 6.07) is 7.25. The average Bonchev–Trinajstić information content (AvgIpc) is 3.13. The summed E-state index contributed by atoms with van der Waals surface area (Å²) in [5.74, 6) is -1.49. The van der Waals surface area contributed by atoms with Gasteiger partial charge in [-0.25, -0.2) is 0 Å². The number of ether oxygens (including phenoxy) is 1. The minimum atomic E-state index is -0.820. The molecule has 1 aliphatic carbocycles. The van der Waals surface area contributed by atoms with Gasteiger partial charge in [-0.3, -0.25) is 9.59 Å². The first-order valence-electron chi connectivity index (χ1n) is 9.39. The van der Waals surface area contributed by atoms with Gasteiger partial charge in [0.05, 0.1) is 11.6 Å². The average molecular weight is 343 g/mol. The molecular formula is C20H25NO4. The summed E-state index contributed by atoms with van der Waals surface area (Å²) in [5, 5.41) is 10.1. The van der Waals surface area contributed by atoms with Gasteiger partial charge in [-0.2, -0.15) is 0 Å². The largest absolute Gasteiger partial charge is 0.481 e. The summed E-state index contributed by atoms with van der Waals surface area (Å²) in [7, 11) is 0. The fraction of sp³-hybridized carbons (Fsp3) is 0.600. The summed E-state index contributed by atoms with van der Waals surface area (Å²) in [5.41, 5.74) is 0.621. The Morgan fingerprint density at radius 1 is 1.20 bits per heavy atom. The van der Waals surface area contributed by atoms with Gasteiger partial charge in [-0.1, -0.05) is 37.5 Å². The first-order valence-corrected chi connectivity index (χ1v) is 9.39. The number of hydrogen-bond acceptors (Lipinski definition) is 3. The van der Waals surface area contributed by atoms with Gasteiger partial charge in [-0.05, 0) is 37.3 Å². The normalized spacial score (nSPS) is 28.2. The number of fused-ring (bicyclic) bond motifs is 1. The van der Waals surface area contributed by atoms with Crippen LogP contribution in [0.4, 0.5) is 0 Å². The van der Waals surface area contributed by atoms with E-state index in [1.54, 1.807) is 6.07 Å². The summed E-state index contributed by atoms with van der Waals surface area (Å²) < 4.78 is 5.78. The van der Waals surface area contributed by atoms with E-state index in [2.05, 4.69) is 0 Å². The van der Waals surface area contributed by atoms with Gasteiger partial charge in [0.25, 0.3) is 5.91 Å². The molecule has 0 unspecified atom stereocenters. The minimum Gasteiger partial charge on any atom is -0.481 e. The van der Waals surface area contributed by atoms with E-state index >= 15 is 0 Å². The minimum absolute atomic E-state index is 0.0227. The maximum atomic E-state index is 13.3. The zero-order chi connectivity index (χ0) is 17.4. The highest BCUT2D eigenvalue weighted by atomic mass is 16.5. The molecule has 2 fully saturated rings. The van der Waals surface area contributed by atoms with Crippen molar-refractivity contribution in [3.05, 3.63) is 35.4 Å². The molecule has 134 valence electrons. The summed E-state index contributed by atoms with van der Waals surface area (Å²) in [6.45, 7) is 1.25. The van der Waals surface area contributed by atoms with Crippen LogP contribution >= 0.6 is 0 Å². The van der Waals surface area contributed by atoms with Crippen LogP contribution in [0.2, 0.25) is 0 Å². The molecular weight excluding hydrogens is 318 g/mol. The third-order valence-electron chi connectivity index (χ3n) is 6.20. The van der Waals surface area contributed by atoms with Gasteiger partial charge >= 0.3 is 5.97 Å². The van der Waals surface area contributed by atoms with E-state index in [9.17, 15) is 14.7 Å². The number of carboxylic acids is 1. The quantitative estimate of drug-likeness (QED) is 0.915. The van der Waals surface area contributed by atoms with E-state index in [-0.39, 0.29) is 12.0 Å². The Hall–Kier alpha value is -1.88. The molecule has 3 aliphatic rings.